The van der Waals surface area contributed by atoms with Crippen LogP contribution in [-0.4, -0.2) is 18.6 Å². The summed E-state index contributed by atoms with van der Waals surface area (Å²) in [6.45, 7) is 4.00. The molecule has 1 aliphatic heterocycles. The predicted octanol–water partition coefficient (Wildman–Crippen LogP) is 4.58. The Balaban J connectivity index is 1.63. The summed E-state index contributed by atoms with van der Waals surface area (Å²) in [4.78, 5) is 25.9. The molecule has 3 aromatic rings. The summed E-state index contributed by atoms with van der Waals surface area (Å²) in [5.74, 6) is -0.223. The Hall–Kier alpha value is -4.13. The Morgan fingerprint density at radius 2 is 1.66 bits per heavy atom. The fraction of sp³-hybridized carbons (Fsp3) is 0.120. The van der Waals surface area contributed by atoms with Crippen molar-refractivity contribution in [2.75, 3.05) is 12.1 Å². The molecule has 2 N–H and O–H groups in total. The number of aryl methyl sites for hydroxylation is 2. The van der Waals surface area contributed by atoms with E-state index in [0.29, 0.717) is 28.3 Å². The first-order valence-corrected chi connectivity index (χ1v) is 9.96. The molecule has 32 heavy (non-hydrogen) atoms. The second-order valence-corrected chi connectivity index (χ2v) is 7.38. The van der Waals surface area contributed by atoms with Gasteiger partial charge in [-0.3, -0.25) is 9.59 Å². The average Bonchev–Trinajstić information content (AvgIpc) is 3.24. The van der Waals surface area contributed by atoms with Crippen LogP contribution in [0.25, 0.3) is 6.08 Å². The zero-order chi connectivity index (χ0) is 22.7. The molecule has 0 radical (unpaired) electrons. The van der Waals surface area contributed by atoms with E-state index in [-0.39, 0.29) is 12.5 Å². The number of anilines is 1. The third-order valence-corrected chi connectivity index (χ3v) is 5.07. The Kier molecular flexibility index (Phi) is 5.89. The van der Waals surface area contributed by atoms with E-state index >= 15 is 0 Å². The van der Waals surface area contributed by atoms with Gasteiger partial charge in [-0.1, -0.05) is 12.1 Å². The molecule has 6 nitrogen and oxygen atoms in total. The SMILES string of the molecule is Cc1ccc(C(=O)NC(=Cc2ccc3c(c2)OCO3)C(=O)Nc2ccc(F)cc2)cc1C. The summed E-state index contributed by atoms with van der Waals surface area (Å²) in [7, 11) is 0. The van der Waals surface area contributed by atoms with Crippen LogP contribution in [0.5, 0.6) is 11.5 Å². The molecule has 1 heterocycles. The minimum Gasteiger partial charge on any atom is -0.454 e. The summed E-state index contributed by atoms with van der Waals surface area (Å²) in [6.07, 6.45) is 1.54. The second-order valence-electron chi connectivity index (χ2n) is 7.38. The Labute approximate surface area is 184 Å². The third-order valence-electron chi connectivity index (χ3n) is 5.07. The molecule has 0 aromatic heterocycles. The number of hydrogen-bond acceptors (Lipinski definition) is 4. The maximum absolute atomic E-state index is 13.2. The van der Waals surface area contributed by atoms with Crippen LogP contribution >= 0.6 is 0 Å². The molecule has 0 aliphatic carbocycles. The number of nitrogens with one attached hydrogen (secondary N) is 2. The van der Waals surface area contributed by atoms with Crippen molar-refractivity contribution in [3.05, 3.63) is 94.4 Å². The van der Waals surface area contributed by atoms with Gasteiger partial charge in [0.25, 0.3) is 11.8 Å². The maximum Gasteiger partial charge on any atom is 0.272 e. The number of halogens is 1. The number of ether oxygens (including phenoxy) is 2. The zero-order valence-electron chi connectivity index (χ0n) is 17.6. The fourth-order valence-corrected chi connectivity index (χ4v) is 3.14. The van der Waals surface area contributed by atoms with Crippen molar-refractivity contribution in [1.82, 2.24) is 5.32 Å². The van der Waals surface area contributed by atoms with Crippen LogP contribution in [0, 0.1) is 19.7 Å². The molecular weight excluding hydrogens is 411 g/mol. The van der Waals surface area contributed by atoms with E-state index in [1.807, 2.05) is 19.9 Å². The van der Waals surface area contributed by atoms with Crippen molar-refractivity contribution in [3.63, 3.8) is 0 Å². The Bertz CT molecular complexity index is 1220. The van der Waals surface area contributed by atoms with Crippen LogP contribution in [0.15, 0.2) is 66.4 Å². The zero-order valence-corrected chi connectivity index (χ0v) is 17.6. The lowest BCUT2D eigenvalue weighted by Crippen LogP contribution is -2.30. The Morgan fingerprint density at radius 1 is 0.906 bits per heavy atom. The monoisotopic (exact) mass is 432 g/mol. The molecule has 0 atom stereocenters. The molecule has 3 aromatic carbocycles. The van der Waals surface area contributed by atoms with Crippen molar-refractivity contribution >= 4 is 23.6 Å². The predicted molar refractivity (Wildman–Crippen MR) is 119 cm³/mol. The van der Waals surface area contributed by atoms with E-state index < -0.39 is 17.6 Å². The highest BCUT2D eigenvalue weighted by molar-refractivity contribution is 6.10. The average molecular weight is 432 g/mol. The molecule has 0 unspecified atom stereocenters. The van der Waals surface area contributed by atoms with E-state index in [4.69, 9.17) is 9.47 Å². The highest BCUT2D eigenvalue weighted by Crippen LogP contribution is 2.33. The van der Waals surface area contributed by atoms with Gasteiger partial charge in [-0.15, -0.1) is 0 Å². The van der Waals surface area contributed by atoms with E-state index in [2.05, 4.69) is 10.6 Å². The van der Waals surface area contributed by atoms with Gasteiger partial charge in [0.1, 0.15) is 11.5 Å². The molecule has 1 aliphatic rings. The number of benzene rings is 3. The summed E-state index contributed by atoms with van der Waals surface area (Å²) < 4.78 is 23.9. The first-order valence-electron chi connectivity index (χ1n) is 9.96. The van der Waals surface area contributed by atoms with E-state index in [1.54, 1.807) is 36.4 Å². The summed E-state index contributed by atoms with van der Waals surface area (Å²) >= 11 is 0. The highest BCUT2D eigenvalue weighted by Gasteiger charge is 2.17. The van der Waals surface area contributed by atoms with E-state index in [0.717, 1.165) is 11.1 Å². The minimum absolute atomic E-state index is 0.0245. The summed E-state index contributed by atoms with van der Waals surface area (Å²) in [5.41, 5.74) is 3.52. The minimum atomic E-state index is -0.550. The van der Waals surface area contributed by atoms with Gasteiger partial charge in [-0.25, -0.2) is 4.39 Å². The van der Waals surface area contributed by atoms with Crippen molar-refractivity contribution in [2.24, 2.45) is 0 Å². The van der Waals surface area contributed by atoms with Crippen LogP contribution in [0.2, 0.25) is 0 Å². The normalized spacial score (nSPS) is 12.4. The lowest BCUT2D eigenvalue weighted by Gasteiger charge is -2.12. The molecule has 0 saturated carbocycles. The number of hydrogen-bond donors (Lipinski definition) is 2. The van der Waals surface area contributed by atoms with Gasteiger partial charge in [-0.2, -0.15) is 0 Å². The molecule has 162 valence electrons. The van der Waals surface area contributed by atoms with Gasteiger partial charge in [0.2, 0.25) is 6.79 Å². The number of rotatable bonds is 5. The van der Waals surface area contributed by atoms with Gasteiger partial charge in [0, 0.05) is 11.3 Å². The molecule has 0 saturated heterocycles. The summed E-state index contributed by atoms with van der Waals surface area (Å²) in [5, 5.41) is 5.37. The number of fused-ring (bicyclic) bond motifs is 1. The molecule has 0 spiro atoms. The largest absolute Gasteiger partial charge is 0.454 e. The van der Waals surface area contributed by atoms with Crippen molar-refractivity contribution in [3.8, 4) is 11.5 Å². The van der Waals surface area contributed by atoms with Crippen LogP contribution in [0.1, 0.15) is 27.0 Å². The van der Waals surface area contributed by atoms with Gasteiger partial charge in [0.05, 0.1) is 0 Å². The lowest BCUT2D eigenvalue weighted by molar-refractivity contribution is -0.113. The number of carbonyl (C=O) groups excluding carboxylic acids is 2. The molecule has 2 amide bonds. The highest BCUT2D eigenvalue weighted by atomic mass is 19.1. The van der Waals surface area contributed by atoms with Gasteiger partial charge in [-0.05, 0) is 85.1 Å². The molecule has 4 rings (SSSR count). The molecular formula is C25H21FN2O4. The van der Waals surface area contributed by atoms with Crippen LogP contribution in [0.3, 0.4) is 0 Å². The van der Waals surface area contributed by atoms with E-state index in [9.17, 15) is 14.0 Å². The van der Waals surface area contributed by atoms with Gasteiger partial charge < -0.3 is 20.1 Å². The molecule has 7 heteroatoms. The van der Waals surface area contributed by atoms with Crippen molar-refractivity contribution < 1.29 is 23.5 Å². The van der Waals surface area contributed by atoms with Crippen LogP contribution < -0.4 is 20.1 Å². The molecule has 0 bridgehead atoms. The lowest BCUT2D eigenvalue weighted by atomic mass is 10.1. The van der Waals surface area contributed by atoms with Crippen molar-refractivity contribution in [2.45, 2.75) is 13.8 Å². The van der Waals surface area contributed by atoms with Crippen LogP contribution in [0.4, 0.5) is 10.1 Å². The first-order chi connectivity index (χ1) is 15.4. The first kappa shape index (κ1) is 21.1. The quantitative estimate of drug-likeness (QED) is 0.579. The third kappa shape index (κ3) is 4.78. The topological polar surface area (TPSA) is 76.7 Å². The second kappa shape index (κ2) is 8.93. The number of carbonyl (C=O) groups is 2. The standard InChI is InChI=1S/C25H21FN2O4/c1-15-3-5-18(11-16(15)2)24(29)28-21(25(30)27-20-8-6-19(26)7-9-20)12-17-4-10-22-23(13-17)32-14-31-22/h3-13H,14H2,1-2H3,(H,27,30)(H,28,29). The summed E-state index contributed by atoms with van der Waals surface area (Å²) in [6, 6.07) is 15.9. The maximum atomic E-state index is 13.2. The van der Waals surface area contributed by atoms with Gasteiger partial charge >= 0.3 is 0 Å². The van der Waals surface area contributed by atoms with Gasteiger partial charge in [0.15, 0.2) is 11.5 Å². The van der Waals surface area contributed by atoms with E-state index in [1.165, 1.54) is 24.3 Å². The Morgan fingerprint density at radius 3 is 2.41 bits per heavy atom. The fourth-order valence-electron chi connectivity index (χ4n) is 3.14. The number of amides is 2. The van der Waals surface area contributed by atoms with Crippen molar-refractivity contribution in [1.29, 1.82) is 0 Å². The molecule has 0 fully saturated rings. The smallest absolute Gasteiger partial charge is 0.272 e. The van der Waals surface area contributed by atoms with Crippen LogP contribution in [-0.2, 0) is 4.79 Å².